The number of hydrogen-bond donors (Lipinski definition) is 12. The maximum absolute atomic E-state index is 13.3. The van der Waals surface area contributed by atoms with Crippen molar-refractivity contribution in [2.75, 3.05) is 19.6 Å². The number of nitrogens with two attached hydrogens (primary N) is 6. The van der Waals surface area contributed by atoms with Crippen molar-refractivity contribution in [1.82, 2.24) is 26.6 Å². The molecule has 5 atom stereocenters. The van der Waals surface area contributed by atoms with Crippen molar-refractivity contribution in [3.05, 3.63) is 0 Å². The number of primary amides is 1. The number of rotatable bonds is 21. The molecule has 18 N–H and O–H groups in total. The third-order valence-electron chi connectivity index (χ3n) is 5.78. The summed E-state index contributed by atoms with van der Waals surface area (Å²) < 4.78 is 0. The number of aliphatic imine (C=N–C) groups is 2. The monoisotopic (exact) mass is 643 g/mol. The van der Waals surface area contributed by atoms with Crippen LogP contribution in [0.2, 0.25) is 0 Å². The molecule has 0 aliphatic carbocycles. The molecular weight excluding hydrogens is 598 g/mol. The van der Waals surface area contributed by atoms with Gasteiger partial charge in [-0.05, 0) is 39.5 Å². The van der Waals surface area contributed by atoms with E-state index < -0.39 is 84.6 Å². The number of nitrogens with zero attached hydrogens (tertiary/aromatic N) is 2. The van der Waals surface area contributed by atoms with Crippen molar-refractivity contribution in [2.45, 2.75) is 76.2 Å². The highest BCUT2D eigenvalue weighted by atomic mass is 16.4. The summed E-state index contributed by atoms with van der Waals surface area (Å²) in [5, 5.41) is 20.9. The van der Waals surface area contributed by atoms with Gasteiger partial charge in [0.25, 0.3) is 0 Å². The average Bonchev–Trinajstić information content (AvgIpc) is 2.93. The molecule has 21 nitrogen and oxygen atoms in total. The summed E-state index contributed by atoms with van der Waals surface area (Å²) in [5.74, 6) is -6.77. The lowest BCUT2D eigenvalue weighted by atomic mass is 10.1. The molecule has 0 aromatic rings. The van der Waals surface area contributed by atoms with Gasteiger partial charge in [-0.3, -0.25) is 38.8 Å². The van der Waals surface area contributed by atoms with Crippen LogP contribution in [0.4, 0.5) is 0 Å². The molecular formula is C24H45N13O8. The molecule has 0 radical (unpaired) electrons. The summed E-state index contributed by atoms with van der Waals surface area (Å²) in [6.07, 6.45) is -0.255. The molecule has 0 unspecified atom stereocenters. The van der Waals surface area contributed by atoms with Gasteiger partial charge in [-0.1, -0.05) is 0 Å². The van der Waals surface area contributed by atoms with Crippen LogP contribution < -0.4 is 61.0 Å². The third-order valence-corrected chi connectivity index (χ3v) is 5.78. The minimum absolute atomic E-state index is 0.0174. The number of hydrogen-bond acceptors (Lipinski definition) is 10. The largest absolute Gasteiger partial charge is 0.480 e. The number of carbonyl (C=O) groups excluding carboxylic acids is 6. The summed E-state index contributed by atoms with van der Waals surface area (Å²) in [5.41, 5.74) is 31.8. The van der Waals surface area contributed by atoms with E-state index in [0.29, 0.717) is 0 Å². The molecule has 0 aromatic carbocycles. The van der Waals surface area contributed by atoms with Gasteiger partial charge in [-0.2, -0.15) is 0 Å². The van der Waals surface area contributed by atoms with Gasteiger partial charge in [0.15, 0.2) is 11.9 Å². The Hall–Kier alpha value is -5.21. The van der Waals surface area contributed by atoms with E-state index in [9.17, 15) is 33.6 Å². The Morgan fingerprint density at radius 1 is 0.667 bits per heavy atom. The van der Waals surface area contributed by atoms with Crippen molar-refractivity contribution in [3.8, 4) is 0 Å². The first kappa shape index (κ1) is 39.8. The maximum Gasteiger partial charge on any atom is 0.326 e. The summed E-state index contributed by atoms with van der Waals surface area (Å²) in [7, 11) is 0. The van der Waals surface area contributed by atoms with Gasteiger partial charge in [-0.25, -0.2) is 4.79 Å². The van der Waals surface area contributed by atoms with E-state index in [0.717, 1.165) is 0 Å². The number of carboxylic acids is 1. The van der Waals surface area contributed by atoms with E-state index >= 15 is 0 Å². The zero-order valence-electron chi connectivity index (χ0n) is 25.2. The summed E-state index contributed by atoms with van der Waals surface area (Å²) in [6.45, 7) is 2.30. The highest BCUT2D eigenvalue weighted by molar-refractivity contribution is 5.95. The van der Waals surface area contributed by atoms with Crippen LogP contribution in [0.3, 0.4) is 0 Å². The number of nitrogens with one attached hydrogen (secondary N) is 5. The van der Waals surface area contributed by atoms with E-state index in [1.54, 1.807) is 0 Å². The molecule has 0 aliphatic heterocycles. The fourth-order valence-electron chi connectivity index (χ4n) is 3.46. The summed E-state index contributed by atoms with van der Waals surface area (Å²) in [6, 6.07) is -6.07. The Labute approximate surface area is 259 Å². The SMILES string of the molecule is C[C@H](N)C(=O)N[C@@H](C)C(=O)N[C@@H](CCCN=C(N)N)C(=O)N[C@@H](CCCN=C(N)N)C(=O)NCC(=O)N[C@@H](CC(N)=O)C(=O)O. The minimum atomic E-state index is -1.62. The number of carbonyl (C=O) groups is 7. The van der Waals surface area contributed by atoms with Crippen molar-refractivity contribution >= 4 is 53.3 Å². The number of guanidine groups is 2. The predicted octanol–water partition coefficient (Wildman–Crippen LogP) is -6.52. The second-order valence-corrected chi connectivity index (χ2v) is 9.89. The molecule has 6 amide bonds. The molecule has 0 saturated carbocycles. The topological polar surface area (TPSA) is 381 Å². The molecule has 0 rings (SSSR count). The lowest BCUT2D eigenvalue weighted by molar-refractivity contribution is -0.143. The molecule has 0 heterocycles. The van der Waals surface area contributed by atoms with Gasteiger partial charge < -0.3 is 66.1 Å². The molecule has 0 bridgehead atoms. The molecule has 0 fully saturated rings. The van der Waals surface area contributed by atoms with Crippen LogP contribution in [0.5, 0.6) is 0 Å². The smallest absolute Gasteiger partial charge is 0.326 e. The van der Waals surface area contributed by atoms with E-state index in [1.165, 1.54) is 13.8 Å². The molecule has 45 heavy (non-hydrogen) atoms. The van der Waals surface area contributed by atoms with E-state index in [4.69, 9.17) is 39.5 Å². The Morgan fingerprint density at radius 3 is 1.60 bits per heavy atom. The number of aliphatic carboxylic acids is 1. The average molecular weight is 644 g/mol. The maximum atomic E-state index is 13.3. The van der Waals surface area contributed by atoms with Crippen molar-refractivity contribution in [1.29, 1.82) is 0 Å². The lowest BCUT2D eigenvalue weighted by Crippen LogP contribution is -2.57. The zero-order valence-corrected chi connectivity index (χ0v) is 25.2. The van der Waals surface area contributed by atoms with Crippen LogP contribution >= 0.6 is 0 Å². The van der Waals surface area contributed by atoms with Gasteiger partial charge in [0.05, 0.1) is 19.0 Å². The minimum Gasteiger partial charge on any atom is -0.480 e. The second-order valence-electron chi connectivity index (χ2n) is 9.89. The van der Waals surface area contributed by atoms with Crippen LogP contribution in [0.25, 0.3) is 0 Å². The third kappa shape index (κ3) is 18.1. The van der Waals surface area contributed by atoms with E-state index in [2.05, 4.69) is 36.6 Å². The van der Waals surface area contributed by atoms with Crippen LogP contribution in [-0.4, -0.2) is 108 Å². The van der Waals surface area contributed by atoms with Crippen molar-refractivity contribution in [3.63, 3.8) is 0 Å². The van der Waals surface area contributed by atoms with E-state index in [1.807, 2.05) is 0 Å². The molecule has 0 spiro atoms. The fraction of sp³-hybridized carbons (Fsp3) is 0.625. The molecule has 0 aromatic heterocycles. The zero-order chi connectivity index (χ0) is 34.7. The van der Waals surface area contributed by atoms with Gasteiger partial charge in [0.2, 0.25) is 35.4 Å². The number of carboxylic acid groups (broad SMARTS) is 1. The highest BCUT2D eigenvalue weighted by Crippen LogP contribution is 2.05. The molecule has 0 aliphatic rings. The Morgan fingerprint density at radius 2 is 1.16 bits per heavy atom. The predicted molar refractivity (Wildman–Crippen MR) is 161 cm³/mol. The van der Waals surface area contributed by atoms with Gasteiger partial charge in [0.1, 0.15) is 24.2 Å². The first-order valence-electron chi connectivity index (χ1n) is 13.8. The van der Waals surface area contributed by atoms with Crippen LogP contribution in [0.1, 0.15) is 46.0 Å². The lowest BCUT2D eigenvalue weighted by Gasteiger charge is -2.24. The highest BCUT2D eigenvalue weighted by Gasteiger charge is 2.29. The molecule has 21 heteroatoms. The quantitative estimate of drug-likeness (QED) is 0.0315. The van der Waals surface area contributed by atoms with Gasteiger partial charge in [-0.15, -0.1) is 0 Å². The Bertz CT molecular complexity index is 1120. The first-order valence-corrected chi connectivity index (χ1v) is 13.8. The van der Waals surface area contributed by atoms with Gasteiger partial charge >= 0.3 is 5.97 Å². The first-order chi connectivity index (χ1) is 20.9. The number of amides is 6. The van der Waals surface area contributed by atoms with E-state index in [-0.39, 0.29) is 50.7 Å². The summed E-state index contributed by atoms with van der Waals surface area (Å²) in [4.78, 5) is 93.2. The second kappa shape index (κ2) is 20.7. The standard InChI is InChI=1S/C24H45N13O8/c1-11(25)18(40)34-12(2)19(41)36-14(6-4-8-32-24(29)30)21(43)37-13(5-3-7-31-23(27)28)20(42)33-10-17(39)35-15(22(44)45)9-16(26)38/h11-15H,3-10,25H2,1-2H3,(H2,26,38)(H,33,42)(H,34,40)(H,35,39)(H,36,41)(H,37,43)(H,44,45)(H4,27,28,31)(H4,29,30,32)/t11-,12-,13-,14-,15-/m0/s1. The summed E-state index contributed by atoms with van der Waals surface area (Å²) >= 11 is 0. The normalized spacial score (nSPS) is 13.8. The molecule has 254 valence electrons. The Balaban J connectivity index is 5.76. The van der Waals surface area contributed by atoms with Crippen molar-refractivity contribution in [2.24, 2.45) is 44.4 Å². The molecule has 0 saturated heterocycles. The van der Waals surface area contributed by atoms with Crippen molar-refractivity contribution < 1.29 is 38.7 Å². The van der Waals surface area contributed by atoms with Crippen LogP contribution in [-0.2, 0) is 33.6 Å². The Kier molecular flexibility index (Phi) is 18.3. The van der Waals surface area contributed by atoms with Crippen LogP contribution in [0.15, 0.2) is 9.98 Å². The fourth-order valence-corrected chi connectivity index (χ4v) is 3.46. The van der Waals surface area contributed by atoms with Crippen LogP contribution in [0, 0.1) is 0 Å². The van der Waals surface area contributed by atoms with Gasteiger partial charge in [0, 0.05) is 13.1 Å².